The van der Waals surface area contributed by atoms with Crippen LogP contribution in [0, 0.1) is 6.92 Å². The van der Waals surface area contributed by atoms with Crippen molar-refractivity contribution in [2.24, 2.45) is 12.8 Å². The van der Waals surface area contributed by atoms with Crippen molar-refractivity contribution in [1.82, 2.24) is 19.5 Å². The van der Waals surface area contributed by atoms with Gasteiger partial charge < -0.3 is 11.1 Å². The van der Waals surface area contributed by atoms with Gasteiger partial charge in [0.25, 0.3) is 5.56 Å². The minimum absolute atomic E-state index is 0.0858. The molecule has 0 saturated carbocycles. The summed E-state index contributed by atoms with van der Waals surface area (Å²) in [6.07, 6.45) is 4.04. The number of pyridine rings is 1. The van der Waals surface area contributed by atoms with Crippen molar-refractivity contribution in [2.45, 2.75) is 19.4 Å². The van der Waals surface area contributed by atoms with E-state index in [9.17, 15) is 4.79 Å². The lowest BCUT2D eigenvalue weighted by molar-refractivity contribution is 0.678. The van der Waals surface area contributed by atoms with Crippen LogP contribution in [-0.4, -0.2) is 32.1 Å². The zero-order chi connectivity index (χ0) is 17.8. The number of anilines is 1. The van der Waals surface area contributed by atoms with Gasteiger partial charge in [-0.15, -0.1) is 11.3 Å². The first kappa shape index (κ1) is 17.2. The van der Waals surface area contributed by atoms with Crippen molar-refractivity contribution in [3.63, 3.8) is 0 Å². The Morgan fingerprint density at radius 2 is 2.12 bits per heavy atom. The maximum atomic E-state index is 12.5. The van der Waals surface area contributed by atoms with Gasteiger partial charge in [-0.25, -0.2) is 9.97 Å². The van der Waals surface area contributed by atoms with Gasteiger partial charge in [0.2, 0.25) is 5.95 Å². The van der Waals surface area contributed by atoms with Crippen LogP contribution in [0.5, 0.6) is 0 Å². The molecule has 0 spiro atoms. The van der Waals surface area contributed by atoms with E-state index >= 15 is 0 Å². The Labute approximate surface area is 149 Å². The molecule has 0 aromatic carbocycles. The van der Waals surface area contributed by atoms with Gasteiger partial charge in [-0.05, 0) is 19.1 Å². The number of rotatable bonds is 6. The molecule has 1 unspecified atom stereocenters. The Morgan fingerprint density at radius 3 is 2.80 bits per heavy atom. The lowest BCUT2D eigenvalue weighted by atomic mass is 10.1. The molecule has 0 radical (unpaired) electrons. The van der Waals surface area contributed by atoms with Gasteiger partial charge in [0.15, 0.2) is 0 Å². The van der Waals surface area contributed by atoms with Crippen molar-refractivity contribution >= 4 is 17.3 Å². The minimum atomic E-state index is -0.121. The van der Waals surface area contributed by atoms with E-state index in [1.165, 1.54) is 4.57 Å². The Balaban J connectivity index is 1.81. The van der Waals surface area contributed by atoms with E-state index in [0.717, 1.165) is 11.3 Å². The topological polar surface area (TPSA) is 98.7 Å². The molecule has 0 amide bonds. The van der Waals surface area contributed by atoms with Crippen LogP contribution in [0.25, 0.3) is 11.3 Å². The summed E-state index contributed by atoms with van der Waals surface area (Å²) in [5, 5.41) is 5.18. The Kier molecular flexibility index (Phi) is 5.20. The van der Waals surface area contributed by atoms with Crippen LogP contribution < -0.4 is 16.6 Å². The maximum absolute atomic E-state index is 12.5. The van der Waals surface area contributed by atoms with E-state index in [0.29, 0.717) is 30.2 Å². The van der Waals surface area contributed by atoms with E-state index in [4.69, 9.17) is 5.73 Å². The highest BCUT2D eigenvalue weighted by Gasteiger charge is 2.14. The second-order valence-corrected chi connectivity index (χ2v) is 6.55. The molecule has 3 rings (SSSR count). The van der Waals surface area contributed by atoms with Crippen LogP contribution >= 0.6 is 11.3 Å². The van der Waals surface area contributed by atoms with Crippen LogP contribution in [0.4, 0.5) is 5.95 Å². The minimum Gasteiger partial charge on any atom is -0.354 e. The summed E-state index contributed by atoms with van der Waals surface area (Å²) in [5.41, 5.74) is 11.0. The van der Waals surface area contributed by atoms with Gasteiger partial charge in [-0.1, -0.05) is 0 Å². The Bertz CT molecular complexity index is 892. The number of nitrogens with two attached hydrogens (primary N) is 1. The molecule has 0 aliphatic carbocycles. The monoisotopic (exact) mass is 356 g/mol. The predicted octanol–water partition coefficient (Wildman–Crippen LogP) is 1.59. The van der Waals surface area contributed by atoms with Crippen LogP contribution in [0.15, 0.2) is 40.2 Å². The maximum Gasteiger partial charge on any atom is 0.258 e. The number of nitrogens with one attached hydrogen (secondary N) is 1. The lowest BCUT2D eigenvalue weighted by Gasteiger charge is -2.16. The molecular formula is C17H20N6OS. The molecule has 3 heterocycles. The molecule has 25 heavy (non-hydrogen) atoms. The summed E-state index contributed by atoms with van der Waals surface area (Å²) >= 11 is 1.55. The molecule has 3 aromatic heterocycles. The number of aromatic nitrogens is 4. The van der Waals surface area contributed by atoms with E-state index in [2.05, 4.69) is 20.3 Å². The zero-order valence-corrected chi connectivity index (χ0v) is 15.0. The summed E-state index contributed by atoms with van der Waals surface area (Å²) in [5.74, 6) is 0.496. The summed E-state index contributed by atoms with van der Waals surface area (Å²) in [7, 11) is 1.70. The molecule has 1 atom stereocenters. The fourth-order valence-corrected chi connectivity index (χ4v) is 3.14. The van der Waals surface area contributed by atoms with Gasteiger partial charge in [-0.2, -0.15) is 0 Å². The number of thiazole rings is 1. The van der Waals surface area contributed by atoms with Crippen molar-refractivity contribution in [2.75, 3.05) is 11.9 Å². The lowest BCUT2D eigenvalue weighted by Crippen LogP contribution is -2.34. The molecule has 0 fully saturated rings. The predicted molar refractivity (Wildman–Crippen MR) is 99.7 cm³/mol. The van der Waals surface area contributed by atoms with Crippen LogP contribution in [-0.2, 0) is 13.5 Å². The highest BCUT2D eigenvalue weighted by molar-refractivity contribution is 7.07. The van der Waals surface area contributed by atoms with Gasteiger partial charge in [0.05, 0.1) is 16.9 Å². The fraction of sp³-hybridized carbons (Fsp3) is 0.294. The van der Waals surface area contributed by atoms with Gasteiger partial charge in [0, 0.05) is 55.0 Å². The molecule has 8 heteroatoms. The summed E-state index contributed by atoms with van der Waals surface area (Å²) in [6, 6.07) is 3.56. The first-order valence-electron chi connectivity index (χ1n) is 7.91. The van der Waals surface area contributed by atoms with Crippen LogP contribution in [0.3, 0.4) is 0 Å². The smallest absolute Gasteiger partial charge is 0.258 e. The zero-order valence-electron chi connectivity index (χ0n) is 14.1. The normalized spacial score (nSPS) is 12.1. The third kappa shape index (κ3) is 3.92. The SMILES string of the molecule is Cc1c(-c2ccncc2)nc(NCC(N)Cc2cscn2)n(C)c1=O. The third-order valence-corrected chi connectivity index (χ3v) is 4.58. The van der Waals surface area contributed by atoms with Crippen molar-refractivity contribution in [1.29, 1.82) is 0 Å². The van der Waals surface area contributed by atoms with Gasteiger partial charge in [0.1, 0.15) is 0 Å². The van der Waals surface area contributed by atoms with Gasteiger partial charge in [-0.3, -0.25) is 14.3 Å². The Hall–Kier alpha value is -2.58. The van der Waals surface area contributed by atoms with Crippen molar-refractivity contribution < 1.29 is 0 Å². The third-order valence-electron chi connectivity index (χ3n) is 3.95. The molecule has 3 N–H and O–H groups in total. The fourth-order valence-electron chi connectivity index (χ4n) is 2.56. The number of nitrogens with zero attached hydrogens (tertiary/aromatic N) is 4. The first-order valence-corrected chi connectivity index (χ1v) is 8.85. The average molecular weight is 356 g/mol. The molecule has 130 valence electrons. The molecule has 3 aromatic rings. The number of hydrogen-bond donors (Lipinski definition) is 2. The van der Waals surface area contributed by atoms with E-state index < -0.39 is 0 Å². The van der Waals surface area contributed by atoms with E-state index in [-0.39, 0.29) is 11.6 Å². The number of hydrogen-bond acceptors (Lipinski definition) is 7. The van der Waals surface area contributed by atoms with Crippen molar-refractivity contribution in [3.8, 4) is 11.3 Å². The first-order chi connectivity index (χ1) is 12.1. The van der Waals surface area contributed by atoms with E-state index in [1.807, 2.05) is 17.5 Å². The van der Waals surface area contributed by atoms with Crippen LogP contribution in [0.2, 0.25) is 0 Å². The second-order valence-electron chi connectivity index (χ2n) is 5.83. The second kappa shape index (κ2) is 7.54. The van der Waals surface area contributed by atoms with Gasteiger partial charge >= 0.3 is 0 Å². The highest BCUT2D eigenvalue weighted by Crippen LogP contribution is 2.19. The van der Waals surface area contributed by atoms with E-state index in [1.54, 1.807) is 43.2 Å². The van der Waals surface area contributed by atoms with Crippen molar-refractivity contribution in [3.05, 3.63) is 57.0 Å². The molecular weight excluding hydrogens is 336 g/mol. The largest absolute Gasteiger partial charge is 0.354 e. The highest BCUT2D eigenvalue weighted by atomic mass is 32.1. The van der Waals surface area contributed by atoms with Crippen LogP contribution in [0.1, 0.15) is 11.3 Å². The molecule has 0 saturated heterocycles. The molecule has 7 nitrogen and oxygen atoms in total. The summed E-state index contributed by atoms with van der Waals surface area (Å²) < 4.78 is 1.51. The molecule has 0 aliphatic heterocycles. The Morgan fingerprint density at radius 1 is 1.36 bits per heavy atom. The molecule has 0 aliphatic rings. The average Bonchev–Trinajstić information content (AvgIpc) is 3.13. The summed E-state index contributed by atoms with van der Waals surface area (Å²) in [4.78, 5) is 25.4. The molecule has 0 bridgehead atoms. The standard InChI is InChI=1S/C17H20N6OS/c1-11-15(12-3-5-19-6-4-12)22-17(23(2)16(11)24)20-8-13(18)7-14-9-25-10-21-14/h3-6,9-10,13H,7-8,18H2,1-2H3,(H,20,22). The quantitative estimate of drug-likeness (QED) is 0.696. The summed E-state index contributed by atoms with van der Waals surface area (Å²) in [6.45, 7) is 2.28.